The minimum Gasteiger partial charge on any atom is -0.339 e. The molecule has 1 aromatic heterocycles. The van der Waals surface area contributed by atoms with Crippen molar-refractivity contribution in [2.45, 2.75) is 25.3 Å². The SMILES string of the molecule is O=C(NCCc1ccccc1F)N[C@@H]1CCCN(c2ncccn2)C1. The Kier molecular flexibility index (Phi) is 5.77. The number of nitrogens with one attached hydrogen (secondary N) is 2. The van der Waals surface area contributed by atoms with Gasteiger partial charge in [0.05, 0.1) is 0 Å². The van der Waals surface area contributed by atoms with Crippen LogP contribution >= 0.6 is 0 Å². The molecular weight excluding hydrogens is 321 g/mol. The van der Waals surface area contributed by atoms with Gasteiger partial charge in [-0.05, 0) is 37.0 Å². The van der Waals surface area contributed by atoms with E-state index < -0.39 is 0 Å². The van der Waals surface area contributed by atoms with E-state index in [1.54, 1.807) is 36.7 Å². The highest BCUT2D eigenvalue weighted by Crippen LogP contribution is 2.15. The number of carbonyl (C=O) groups is 1. The highest BCUT2D eigenvalue weighted by molar-refractivity contribution is 5.74. The molecule has 1 atom stereocenters. The molecule has 1 aromatic carbocycles. The maximum Gasteiger partial charge on any atom is 0.315 e. The molecule has 0 spiro atoms. The summed E-state index contributed by atoms with van der Waals surface area (Å²) in [7, 11) is 0. The van der Waals surface area contributed by atoms with Crippen LogP contribution < -0.4 is 15.5 Å². The number of hydrogen-bond donors (Lipinski definition) is 2. The topological polar surface area (TPSA) is 70.2 Å². The number of carbonyl (C=O) groups excluding carboxylic acids is 1. The van der Waals surface area contributed by atoms with Gasteiger partial charge in [-0.1, -0.05) is 18.2 Å². The number of benzene rings is 1. The van der Waals surface area contributed by atoms with Crippen molar-refractivity contribution in [1.82, 2.24) is 20.6 Å². The lowest BCUT2D eigenvalue weighted by Gasteiger charge is -2.33. The molecule has 0 aliphatic carbocycles. The van der Waals surface area contributed by atoms with Gasteiger partial charge >= 0.3 is 6.03 Å². The zero-order chi connectivity index (χ0) is 17.5. The van der Waals surface area contributed by atoms with Crippen LogP contribution in [0.25, 0.3) is 0 Å². The number of urea groups is 1. The van der Waals surface area contributed by atoms with Gasteiger partial charge in [0.15, 0.2) is 0 Å². The van der Waals surface area contributed by atoms with Gasteiger partial charge in [0, 0.05) is 38.1 Å². The average molecular weight is 343 g/mol. The van der Waals surface area contributed by atoms with Crippen molar-refractivity contribution in [2.24, 2.45) is 0 Å². The Labute approximate surface area is 146 Å². The van der Waals surface area contributed by atoms with Crippen molar-refractivity contribution < 1.29 is 9.18 Å². The van der Waals surface area contributed by atoms with Crippen LogP contribution in [0.3, 0.4) is 0 Å². The Morgan fingerprint density at radius 3 is 2.84 bits per heavy atom. The molecule has 2 N–H and O–H groups in total. The highest BCUT2D eigenvalue weighted by Gasteiger charge is 2.22. The number of aromatic nitrogens is 2. The third-order valence-corrected chi connectivity index (χ3v) is 4.23. The van der Waals surface area contributed by atoms with Gasteiger partial charge < -0.3 is 15.5 Å². The largest absolute Gasteiger partial charge is 0.339 e. The summed E-state index contributed by atoms with van der Waals surface area (Å²) < 4.78 is 13.5. The van der Waals surface area contributed by atoms with E-state index in [1.807, 2.05) is 0 Å². The summed E-state index contributed by atoms with van der Waals surface area (Å²) in [6.07, 6.45) is 5.79. The maximum absolute atomic E-state index is 13.5. The third kappa shape index (κ3) is 4.89. The van der Waals surface area contributed by atoms with Crippen LogP contribution in [0.15, 0.2) is 42.7 Å². The van der Waals surface area contributed by atoms with Crippen LogP contribution in [-0.2, 0) is 6.42 Å². The smallest absolute Gasteiger partial charge is 0.315 e. The van der Waals surface area contributed by atoms with E-state index in [9.17, 15) is 9.18 Å². The molecule has 0 radical (unpaired) electrons. The van der Waals surface area contributed by atoms with Crippen LogP contribution in [0, 0.1) is 5.82 Å². The minimum absolute atomic E-state index is 0.0472. The van der Waals surface area contributed by atoms with Crippen LogP contribution in [0.2, 0.25) is 0 Å². The van der Waals surface area contributed by atoms with Crippen molar-refractivity contribution in [3.8, 4) is 0 Å². The first-order chi connectivity index (χ1) is 12.2. The second-order valence-electron chi connectivity index (χ2n) is 6.08. The standard InChI is InChI=1S/C18H22FN5O/c19-16-7-2-1-5-14(16)8-11-22-18(25)23-15-6-3-12-24(13-15)17-20-9-4-10-21-17/h1-2,4-5,7,9-10,15H,3,6,8,11-13H2,(H2,22,23,25)/t15-/m1/s1. The van der Waals surface area contributed by atoms with E-state index in [1.165, 1.54) is 6.07 Å². The van der Waals surface area contributed by atoms with E-state index in [0.717, 1.165) is 19.4 Å². The summed E-state index contributed by atoms with van der Waals surface area (Å²) in [5, 5.41) is 5.77. The van der Waals surface area contributed by atoms with E-state index >= 15 is 0 Å². The van der Waals surface area contributed by atoms with Gasteiger partial charge in [0.25, 0.3) is 0 Å². The molecule has 2 amide bonds. The molecule has 2 heterocycles. The van der Waals surface area contributed by atoms with Crippen molar-refractivity contribution >= 4 is 12.0 Å². The lowest BCUT2D eigenvalue weighted by Crippen LogP contribution is -2.51. The van der Waals surface area contributed by atoms with Crippen molar-refractivity contribution in [3.05, 3.63) is 54.1 Å². The van der Waals surface area contributed by atoms with Crippen LogP contribution in [0.4, 0.5) is 15.1 Å². The zero-order valence-electron chi connectivity index (χ0n) is 14.0. The zero-order valence-corrected chi connectivity index (χ0v) is 14.0. The molecule has 3 rings (SSSR count). The van der Waals surface area contributed by atoms with E-state index in [-0.39, 0.29) is 17.9 Å². The molecule has 132 valence electrons. The fourth-order valence-corrected chi connectivity index (χ4v) is 2.98. The molecule has 6 nitrogen and oxygen atoms in total. The van der Waals surface area contributed by atoms with Crippen molar-refractivity contribution in [3.63, 3.8) is 0 Å². The summed E-state index contributed by atoms with van der Waals surface area (Å²) in [6, 6.07) is 8.21. The summed E-state index contributed by atoms with van der Waals surface area (Å²) in [6.45, 7) is 1.97. The van der Waals surface area contributed by atoms with Gasteiger partial charge in [0.1, 0.15) is 5.82 Å². The maximum atomic E-state index is 13.5. The first-order valence-electron chi connectivity index (χ1n) is 8.52. The number of amides is 2. The lowest BCUT2D eigenvalue weighted by atomic mass is 10.1. The highest BCUT2D eigenvalue weighted by atomic mass is 19.1. The molecular formula is C18H22FN5O. The summed E-state index contributed by atoms with van der Waals surface area (Å²) in [5.74, 6) is 0.449. The predicted molar refractivity (Wildman–Crippen MR) is 93.9 cm³/mol. The summed E-state index contributed by atoms with van der Waals surface area (Å²) in [4.78, 5) is 22.7. The molecule has 7 heteroatoms. The molecule has 25 heavy (non-hydrogen) atoms. The molecule has 2 aromatic rings. The first kappa shape index (κ1) is 17.1. The Bertz CT molecular complexity index is 697. The van der Waals surface area contributed by atoms with Gasteiger partial charge in [-0.15, -0.1) is 0 Å². The van der Waals surface area contributed by atoms with Gasteiger partial charge in [-0.25, -0.2) is 19.2 Å². The number of halogens is 1. The lowest BCUT2D eigenvalue weighted by molar-refractivity contribution is 0.235. The monoisotopic (exact) mass is 343 g/mol. The van der Waals surface area contributed by atoms with E-state index in [2.05, 4.69) is 25.5 Å². The van der Waals surface area contributed by atoms with Crippen molar-refractivity contribution in [2.75, 3.05) is 24.5 Å². The predicted octanol–water partition coefficient (Wildman–Crippen LogP) is 2.13. The summed E-state index contributed by atoms with van der Waals surface area (Å²) >= 11 is 0. The fourth-order valence-electron chi connectivity index (χ4n) is 2.98. The number of piperidine rings is 1. The molecule has 1 aliphatic heterocycles. The first-order valence-corrected chi connectivity index (χ1v) is 8.52. The fraction of sp³-hybridized carbons (Fsp3) is 0.389. The normalized spacial score (nSPS) is 17.2. The second-order valence-corrected chi connectivity index (χ2v) is 6.08. The number of nitrogens with zero attached hydrogens (tertiary/aromatic N) is 3. The van der Waals surface area contributed by atoms with Crippen LogP contribution in [-0.4, -0.2) is 41.7 Å². The molecule has 1 saturated heterocycles. The number of rotatable bonds is 5. The van der Waals surface area contributed by atoms with E-state index in [4.69, 9.17) is 0 Å². The second kappa shape index (κ2) is 8.41. The Morgan fingerprint density at radius 1 is 1.24 bits per heavy atom. The molecule has 0 unspecified atom stereocenters. The summed E-state index contributed by atoms with van der Waals surface area (Å²) in [5.41, 5.74) is 0.605. The Hall–Kier alpha value is -2.70. The molecule has 1 fully saturated rings. The Morgan fingerprint density at radius 2 is 2.04 bits per heavy atom. The van der Waals surface area contributed by atoms with E-state index in [0.29, 0.717) is 31.0 Å². The van der Waals surface area contributed by atoms with Gasteiger partial charge in [-0.3, -0.25) is 0 Å². The van der Waals surface area contributed by atoms with Crippen molar-refractivity contribution in [1.29, 1.82) is 0 Å². The van der Waals surface area contributed by atoms with Gasteiger partial charge in [0.2, 0.25) is 5.95 Å². The third-order valence-electron chi connectivity index (χ3n) is 4.23. The quantitative estimate of drug-likeness (QED) is 0.872. The van der Waals surface area contributed by atoms with Crippen LogP contribution in [0.1, 0.15) is 18.4 Å². The van der Waals surface area contributed by atoms with Gasteiger partial charge in [-0.2, -0.15) is 0 Å². The number of anilines is 1. The number of hydrogen-bond acceptors (Lipinski definition) is 4. The molecule has 0 bridgehead atoms. The minimum atomic E-state index is -0.240. The molecule has 1 aliphatic rings. The molecule has 0 saturated carbocycles. The Balaban J connectivity index is 1.44. The average Bonchev–Trinajstić information content (AvgIpc) is 2.64. The van der Waals surface area contributed by atoms with Crippen LogP contribution in [0.5, 0.6) is 0 Å².